The summed E-state index contributed by atoms with van der Waals surface area (Å²) in [4.78, 5) is 33.8. The number of phenols is 1. The molecular formula is C37H56N6O7. The van der Waals surface area contributed by atoms with Crippen LogP contribution < -0.4 is 25.4 Å². The molecule has 2 amide bonds. The van der Waals surface area contributed by atoms with Crippen LogP contribution in [0, 0.1) is 5.92 Å². The smallest absolute Gasteiger partial charge is 0.255 e. The first kappa shape index (κ1) is 37.8. The Morgan fingerprint density at radius 2 is 1.56 bits per heavy atom. The van der Waals surface area contributed by atoms with Crippen LogP contribution in [-0.4, -0.2) is 140 Å². The van der Waals surface area contributed by atoms with Crippen LogP contribution in [0.1, 0.15) is 70.4 Å². The van der Waals surface area contributed by atoms with Crippen molar-refractivity contribution in [2.24, 2.45) is 5.92 Å². The standard InChI is InChI=1S/C37H56N6O7/c1-23-30-28(26-20-27-35(50-22-49-27)33(45)29(26)37(48)39-30)31(34(46)32(23)44)40-36(47)25-12-10-24(11-13-25)21-43(5)19-9-18-42(4)16-7-6-15-41(3)17-8-14-38-2/h10-13,20,23,28,30-32,34,38,44-46H,6-9,14-19,21-22H2,1-5H3,(H,39,48)(H,40,47)/t23-,28+,30-,31+,32-,34-/m0/s1. The average molecular weight is 697 g/mol. The molecule has 276 valence electrons. The second-order valence-corrected chi connectivity index (χ2v) is 14.3. The van der Waals surface area contributed by atoms with Gasteiger partial charge in [0.2, 0.25) is 12.5 Å². The first-order valence-corrected chi connectivity index (χ1v) is 17.9. The lowest BCUT2D eigenvalue weighted by atomic mass is 9.66. The molecule has 5 rings (SSSR count). The molecule has 0 aromatic heterocycles. The fourth-order valence-corrected chi connectivity index (χ4v) is 7.56. The number of carbonyl (C=O) groups is 2. The SMILES string of the molecule is CNCCCN(C)CCCCN(C)CCCN(C)Cc1ccc(C(=O)N[C@H]2[C@H](O)[C@@H](O)[C@@H](C)[C@@H]3NC(=O)c4c(cc5c(c4O)OCO5)[C@H]32)cc1. The highest BCUT2D eigenvalue weighted by Gasteiger charge is 2.53. The van der Waals surface area contributed by atoms with E-state index in [1.165, 1.54) is 19.3 Å². The highest BCUT2D eigenvalue weighted by atomic mass is 16.7. The van der Waals surface area contributed by atoms with Crippen LogP contribution >= 0.6 is 0 Å². The van der Waals surface area contributed by atoms with E-state index in [0.29, 0.717) is 11.1 Å². The Kier molecular flexibility index (Phi) is 13.0. The second-order valence-electron chi connectivity index (χ2n) is 14.3. The lowest BCUT2D eigenvalue weighted by Crippen LogP contribution is -2.67. The van der Waals surface area contributed by atoms with E-state index in [1.807, 2.05) is 19.2 Å². The van der Waals surface area contributed by atoms with Gasteiger partial charge >= 0.3 is 0 Å². The Labute approximate surface area is 295 Å². The van der Waals surface area contributed by atoms with Crippen molar-refractivity contribution < 1.29 is 34.4 Å². The number of nitrogens with one attached hydrogen (secondary N) is 3. The van der Waals surface area contributed by atoms with E-state index in [9.17, 15) is 24.9 Å². The molecule has 13 nitrogen and oxygen atoms in total. The third-order valence-corrected chi connectivity index (χ3v) is 10.5. The highest BCUT2D eigenvalue weighted by Crippen LogP contribution is 2.50. The molecule has 6 N–H and O–H groups in total. The minimum Gasteiger partial charge on any atom is -0.504 e. The molecule has 3 aliphatic rings. The number of fused-ring (bicyclic) bond motifs is 4. The molecular weight excluding hydrogens is 640 g/mol. The Hall–Kier alpha value is -3.46. The molecule has 50 heavy (non-hydrogen) atoms. The van der Waals surface area contributed by atoms with E-state index >= 15 is 0 Å². The van der Waals surface area contributed by atoms with Crippen molar-refractivity contribution in [3.63, 3.8) is 0 Å². The molecule has 2 aromatic rings. The van der Waals surface area contributed by atoms with Gasteiger partial charge in [-0.2, -0.15) is 0 Å². The van der Waals surface area contributed by atoms with Crippen LogP contribution in [0.5, 0.6) is 17.2 Å². The summed E-state index contributed by atoms with van der Waals surface area (Å²) in [6.07, 6.45) is 2.13. The van der Waals surface area contributed by atoms with Gasteiger partial charge in [0.25, 0.3) is 11.8 Å². The van der Waals surface area contributed by atoms with E-state index in [0.717, 1.165) is 57.8 Å². The summed E-state index contributed by atoms with van der Waals surface area (Å²) in [6, 6.07) is 7.44. The fourth-order valence-electron chi connectivity index (χ4n) is 7.56. The molecule has 1 fully saturated rings. The summed E-state index contributed by atoms with van der Waals surface area (Å²) in [5.74, 6) is -2.08. The summed E-state index contributed by atoms with van der Waals surface area (Å²) in [7, 11) is 8.48. The number of benzene rings is 2. The van der Waals surface area contributed by atoms with Crippen LogP contribution in [0.2, 0.25) is 0 Å². The summed E-state index contributed by atoms with van der Waals surface area (Å²) in [5, 5.41) is 42.1. The molecule has 0 bridgehead atoms. The number of unbranched alkanes of at least 4 members (excludes halogenated alkanes) is 1. The van der Waals surface area contributed by atoms with Crippen molar-refractivity contribution in [2.75, 3.05) is 74.3 Å². The molecule has 0 unspecified atom stereocenters. The van der Waals surface area contributed by atoms with Gasteiger partial charge in [-0.05, 0) is 122 Å². The molecule has 2 aliphatic heterocycles. The monoisotopic (exact) mass is 696 g/mol. The normalized spacial score (nSPS) is 24.0. The number of aromatic hydroxyl groups is 1. The van der Waals surface area contributed by atoms with Gasteiger partial charge in [0, 0.05) is 30.0 Å². The molecule has 2 heterocycles. The zero-order valence-corrected chi connectivity index (χ0v) is 30.2. The Balaban J connectivity index is 1.13. The summed E-state index contributed by atoms with van der Waals surface area (Å²) < 4.78 is 10.9. The number of carbonyl (C=O) groups excluding carboxylic acids is 2. The van der Waals surface area contributed by atoms with Crippen molar-refractivity contribution in [3.8, 4) is 17.2 Å². The van der Waals surface area contributed by atoms with Gasteiger partial charge < -0.3 is 55.4 Å². The zero-order valence-electron chi connectivity index (χ0n) is 30.2. The Bertz CT molecular complexity index is 1460. The molecule has 0 spiro atoms. The molecule has 6 atom stereocenters. The third kappa shape index (κ3) is 8.70. The maximum atomic E-state index is 13.6. The van der Waals surface area contributed by atoms with Crippen molar-refractivity contribution in [2.45, 2.75) is 69.4 Å². The van der Waals surface area contributed by atoms with Gasteiger partial charge in [0.1, 0.15) is 6.10 Å². The maximum Gasteiger partial charge on any atom is 0.255 e. The largest absolute Gasteiger partial charge is 0.504 e. The van der Waals surface area contributed by atoms with Crippen molar-refractivity contribution in [3.05, 3.63) is 52.6 Å². The summed E-state index contributed by atoms with van der Waals surface area (Å²) in [5.41, 5.74) is 1.93. The minimum atomic E-state index is -1.32. The van der Waals surface area contributed by atoms with Crippen molar-refractivity contribution in [1.29, 1.82) is 0 Å². The first-order valence-electron chi connectivity index (χ1n) is 17.9. The second kappa shape index (κ2) is 17.2. The van der Waals surface area contributed by atoms with Crippen LogP contribution in [0.25, 0.3) is 0 Å². The Morgan fingerprint density at radius 1 is 0.920 bits per heavy atom. The van der Waals surface area contributed by atoms with Crippen LogP contribution in [-0.2, 0) is 6.54 Å². The van der Waals surface area contributed by atoms with Gasteiger partial charge in [-0.3, -0.25) is 9.59 Å². The number of rotatable bonds is 17. The van der Waals surface area contributed by atoms with E-state index < -0.39 is 47.9 Å². The number of hydrogen-bond acceptors (Lipinski definition) is 11. The van der Waals surface area contributed by atoms with Gasteiger partial charge in [0.15, 0.2) is 11.5 Å². The Morgan fingerprint density at radius 3 is 2.24 bits per heavy atom. The first-order chi connectivity index (χ1) is 24.0. The number of aliphatic hydroxyl groups is 2. The zero-order chi connectivity index (χ0) is 35.9. The lowest BCUT2D eigenvalue weighted by molar-refractivity contribution is -0.0760. The number of ether oxygens (including phenoxy) is 2. The number of amides is 2. The van der Waals surface area contributed by atoms with Crippen LogP contribution in [0.4, 0.5) is 0 Å². The van der Waals surface area contributed by atoms with E-state index in [-0.39, 0.29) is 29.6 Å². The van der Waals surface area contributed by atoms with Crippen molar-refractivity contribution in [1.82, 2.24) is 30.7 Å². The number of hydrogen-bond donors (Lipinski definition) is 6. The number of aliphatic hydroxyl groups excluding tert-OH is 2. The topological polar surface area (TPSA) is 159 Å². The fraction of sp³-hybridized carbons (Fsp3) is 0.622. The predicted octanol–water partition coefficient (Wildman–Crippen LogP) is 1.56. The van der Waals surface area contributed by atoms with E-state index in [2.05, 4.69) is 51.8 Å². The van der Waals surface area contributed by atoms with E-state index in [4.69, 9.17) is 9.47 Å². The lowest BCUT2D eigenvalue weighted by Gasteiger charge is -2.50. The summed E-state index contributed by atoms with van der Waals surface area (Å²) >= 11 is 0. The highest BCUT2D eigenvalue weighted by molar-refractivity contribution is 6.02. The van der Waals surface area contributed by atoms with Gasteiger partial charge in [-0.25, -0.2) is 0 Å². The van der Waals surface area contributed by atoms with Crippen LogP contribution in [0.3, 0.4) is 0 Å². The number of phenolic OH excluding ortho intramolecular Hbond substituents is 1. The third-order valence-electron chi connectivity index (χ3n) is 10.5. The van der Waals surface area contributed by atoms with Gasteiger partial charge in [-0.15, -0.1) is 0 Å². The molecule has 0 radical (unpaired) electrons. The van der Waals surface area contributed by atoms with Crippen LogP contribution in [0.15, 0.2) is 30.3 Å². The minimum absolute atomic E-state index is 0.0143. The number of nitrogens with zero attached hydrogens (tertiary/aromatic N) is 3. The van der Waals surface area contributed by atoms with Gasteiger partial charge in [0.05, 0.1) is 17.7 Å². The molecule has 2 aromatic carbocycles. The molecule has 0 saturated heterocycles. The van der Waals surface area contributed by atoms with Crippen molar-refractivity contribution >= 4 is 11.8 Å². The predicted molar refractivity (Wildman–Crippen MR) is 191 cm³/mol. The van der Waals surface area contributed by atoms with Gasteiger partial charge in [-0.1, -0.05) is 19.1 Å². The van der Waals surface area contributed by atoms with E-state index in [1.54, 1.807) is 25.1 Å². The average Bonchev–Trinajstić information content (AvgIpc) is 3.57. The quantitative estimate of drug-likeness (QED) is 0.133. The molecule has 1 saturated carbocycles. The summed E-state index contributed by atoms with van der Waals surface area (Å²) in [6.45, 7) is 8.82. The molecule has 1 aliphatic carbocycles. The molecule has 13 heteroatoms. The maximum absolute atomic E-state index is 13.6.